The SMILES string of the molecule is CC(=O)SC[C@H]1O[C@@H](n2cnc(C(N)=O)n2)C2OC(C)(C)O[C@H]21.CC1(C)OC2[C@@H](O1)[C@@H](CO)O[C@H]2n1cnc(C(N)=O)n1.CC1(C)OC2[C@@H](O1)[C@@H](CS)O[C@H]2n1cnc(C(N)=O)n1.CP(=O)(O)SC[C@H]1O[C@@H](n2cnc(C(N)=O)n2)C(O)[C@H]1O.NC(=O)c1ncn([C@@H]2O[C@H](CSCP(=O)(O)O)[C@H](O)C2O)n1. The number of aromatic nitrogens is 15. The summed E-state index contributed by atoms with van der Waals surface area (Å²) in [5, 5.41) is 68.5. The number of primary amides is 5. The zero-order valence-corrected chi connectivity index (χ0v) is 62.3. The normalized spacial score (nSPS) is 32.5. The minimum Gasteiger partial charge on any atom is -0.394 e. The van der Waals surface area contributed by atoms with Crippen molar-refractivity contribution in [1.82, 2.24) is 73.8 Å². The third kappa shape index (κ3) is 20.6. The first-order chi connectivity index (χ1) is 49.5. The molecule has 21 atom stereocenters. The largest absolute Gasteiger partial charge is 0.394 e. The van der Waals surface area contributed by atoms with E-state index in [1.165, 1.54) is 58.4 Å². The summed E-state index contributed by atoms with van der Waals surface area (Å²) in [6.07, 6.45) is -7.54. The number of ether oxygens (including phenoxy) is 11. The smallest absolute Gasteiger partial charge is 0.335 e. The van der Waals surface area contributed by atoms with Gasteiger partial charge in [0, 0.05) is 36.6 Å². The van der Waals surface area contributed by atoms with E-state index < -0.39 is 159 Å². The Morgan fingerprint density at radius 2 is 0.755 bits per heavy atom. The summed E-state index contributed by atoms with van der Waals surface area (Å²) in [4.78, 5) is 112. The number of carbonyl (C=O) groups is 6. The fourth-order valence-electron chi connectivity index (χ4n) is 11.5. The highest BCUT2D eigenvalue weighted by Gasteiger charge is 2.59. The molecule has 18 N–H and O–H groups in total. The van der Waals surface area contributed by atoms with Gasteiger partial charge in [-0.3, -0.25) is 37.9 Å². The first-order valence-electron chi connectivity index (χ1n) is 31.5. The van der Waals surface area contributed by atoms with E-state index in [0.717, 1.165) is 45.2 Å². The molecular formula is C53H80N20O27P2S4. The topological polar surface area (TPSA) is 684 Å². The van der Waals surface area contributed by atoms with Crippen molar-refractivity contribution in [2.24, 2.45) is 28.7 Å². The predicted molar refractivity (Wildman–Crippen MR) is 359 cm³/mol. The molecule has 0 aliphatic carbocycles. The van der Waals surface area contributed by atoms with E-state index in [1.54, 1.807) is 13.8 Å². The van der Waals surface area contributed by atoms with E-state index in [0.29, 0.717) is 11.5 Å². The van der Waals surface area contributed by atoms with Gasteiger partial charge in [-0.05, 0) is 41.5 Å². The monoisotopic (exact) mass is 1620 g/mol. The maximum Gasteiger partial charge on any atom is 0.335 e. The van der Waals surface area contributed by atoms with Gasteiger partial charge in [-0.25, -0.2) is 48.3 Å². The van der Waals surface area contributed by atoms with Crippen LogP contribution in [0.3, 0.4) is 0 Å². The molecule has 8 saturated heterocycles. The number of thiol groups is 1. The summed E-state index contributed by atoms with van der Waals surface area (Å²) in [6.45, 7) is 10.0. The molecule has 8 fully saturated rings. The number of aliphatic hydroxyl groups excluding tert-OH is 5. The third-order valence-corrected chi connectivity index (χ3v) is 22.6. The van der Waals surface area contributed by atoms with Gasteiger partial charge in [-0.2, -0.15) is 12.6 Å². The maximum atomic E-state index is 11.2. The maximum absolute atomic E-state index is 11.2. The molecule has 5 aromatic heterocycles. The quantitative estimate of drug-likeness (QED) is 0.0242. The molecule has 13 rings (SSSR count). The highest BCUT2D eigenvalue weighted by molar-refractivity contribution is 8.56. The van der Waals surface area contributed by atoms with E-state index in [2.05, 4.69) is 63.0 Å². The lowest BCUT2D eigenvalue weighted by atomic mass is 10.1. The molecule has 5 aromatic rings. The van der Waals surface area contributed by atoms with Crippen molar-refractivity contribution in [3.05, 3.63) is 60.8 Å². The minimum absolute atomic E-state index is 0.00328. The molecular weight excluding hydrogens is 1540 g/mol. The fraction of sp³-hybridized carbons (Fsp3) is 0.698. The molecule has 53 heteroatoms. The van der Waals surface area contributed by atoms with Crippen LogP contribution >= 0.6 is 61.7 Å². The molecule has 0 saturated carbocycles. The van der Waals surface area contributed by atoms with E-state index in [9.17, 15) is 68.3 Å². The molecule has 5 amide bonds. The number of hydrogen-bond acceptors (Lipinski definition) is 38. The van der Waals surface area contributed by atoms with E-state index in [-0.39, 0.29) is 82.9 Å². The van der Waals surface area contributed by atoms with Crippen molar-refractivity contribution in [2.45, 2.75) is 189 Å². The highest BCUT2D eigenvalue weighted by Crippen LogP contribution is 2.52. The van der Waals surface area contributed by atoms with Crippen molar-refractivity contribution >= 4 is 96.4 Å². The van der Waals surface area contributed by atoms with E-state index in [4.69, 9.17) is 90.6 Å². The summed E-state index contributed by atoms with van der Waals surface area (Å²) in [6, 6.07) is 0. The van der Waals surface area contributed by atoms with Gasteiger partial charge in [-0.15, -0.1) is 37.3 Å². The lowest BCUT2D eigenvalue weighted by molar-refractivity contribution is -0.201. The summed E-state index contributed by atoms with van der Waals surface area (Å²) in [5.41, 5.74) is 25.0. The van der Waals surface area contributed by atoms with Gasteiger partial charge in [0.1, 0.15) is 98.8 Å². The number of nitrogens with zero attached hydrogens (tertiary/aromatic N) is 15. The van der Waals surface area contributed by atoms with Gasteiger partial charge >= 0.3 is 7.60 Å². The average Bonchev–Trinajstić information content (AvgIpc) is 1.61. The Labute approximate surface area is 617 Å². The summed E-state index contributed by atoms with van der Waals surface area (Å²) in [5.74, 6) is -5.74. The fourth-order valence-corrected chi connectivity index (χ4v) is 16.3. The lowest BCUT2D eigenvalue weighted by Gasteiger charge is -2.23. The molecule has 0 aromatic carbocycles. The number of hydrogen-bond donors (Lipinski definition) is 14. The van der Waals surface area contributed by atoms with E-state index in [1.807, 2.05) is 27.7 Å². The molecule has 106 heavy (non-hydrogen) atoms. The van der Waals surface area contributed by atoms with Crippen LogP contribution in [0.4, 0.5) is 0 Å². The Hall–Kier alpha value is -6.18. The Bertz CT molecular complexity index is 3940. The van der Waals surface area contributed by atoms with Crippen LogP contribution in [-0.4, -0.2) is 299 Å². The van der Waals surface area contributed by atoms with Gasteiger partial charge in [0.05, 0.1) is 36.5 Å². The first kappa shape index (κ1) is 83.9. The highest BCUT2D eigenvalue weighted by atomic mass is 32.7. The second kappa shape index (κ2) is 34.0. The number of rotatable bonds is 21. The van der Waals surface area contributed by atoms with Crippen LogP contribution in [-0.2, 0) is 66.0 Å². The van der Waals surface area contributed by atoms with Crippen molar-refractivity contribution < 1.29 is 130 Å². The number of aliphatic hydroxyl groups is 5. The van der Waals surface area contributed by atoms with Crippen LogP contribution in [0.2, 0.25) is 0 Å². The zero-order valence-electron chi connectivity index (χ0n) is 57.2. The van der Waals surface area contributed by atoms with Crippen LogP contribution in [0.25, 0.3) is 0 Å². The average molecular weight is 1620 g/mol. The number of nitrogens with two attached hydrogens (primary N) is 5. The van der Waals surface area contributed by atoms with Crippen molar-refractivity contribution in [3.8, 4) is 0 Å². The van der Waals surface area contributed by atoms with Gasteiger partial charge in [0.25, 0.3) is 36.1 Å². The van der Waals surface area contributed by atoms with Crippen molar-refractivity contribution in [3.63, 3.8) is 0 Å². The van der Waals surface area contributed by atoms with Gasteiger partial charge < -0.3 is 121 Å². The first-order valence-corrected chi connectivity index (χ1v) is 39.8. The number of amides is 5. The summed E-state index contributed by atoms with van der Waals surface area (Å²) < 4.78 is 91.6. The third-order valence-electron chi connectivity index (χ3n) is 15.8. The Kier molecular flexibility index (Phi) is 26.9. The Morgan fingerprint density at radius 3 is 1.06 bits per heavy atom. The predicted octanol–water partition coefficient (Wildman–Crippen LogP) is -5.01. The zero-order chi connectivity index (χ0) is 78.0. The van der Waals surface area contributed by atoms with Crippen LogP contribution in [0.1, 0.15) is 133 Å². The molecule has 0 spiro atoms. The Morgan fingerprint density at radius 1 is 0.462 bits per heavy atom. The van der Waals surface area contributed by atoms with Crippen LogP contribution in [0.15, 0.2) is 31.6 Å². The van der Waals surface area contributed by atoms with Crippen LogP contribution in [0.5, 0.6) is 0 Å². The second-order valence-corrected chi connectivity index (χ2v) is 35.1. The molecule has 588 valence electrons. The second-order valence-electron chi connectivity index (χ2n) is 25.5. The standard InChI is InChI=1S/C13H18N4O5S.C11H16N4O5.C11H16N4O4S.C9H15N4O7PS.C9H15N4O6PS/c1-6(18)23-4-7-8-9(22-13(2,3)21-8)12(20-7)17-5-15-11(16-17)10(14)19;1-11(2)19-6-5(3-16)18-10(7(6)20-11)15-4-13-9(14-15)8(12)17;1-11(2)18-6-5(3-20)17-10(7(6)19-11)15-4-13-9(14-15)8(12)16;10-7(16)8-11-2-13(12-8)9-6(15)5(14)4(20-9)1-22-3-21(17,18)19;1-20(17,18)21-2-4-5(14)6(15)9(19-4)13-3-11-8(12-13)7(10)16/h5,7-9,12H,4H2,1-3H3,(H2,14,19);4-7,10,16H,3H2,1-2H3,(H2,12,17);4-7,10,20H,3H2,1-2H3,(H2,12,16);2,4-6,9,14-15H,1,3H2,(H2,10,16)(H2,17,18,19);3-6,9,14-15H,2H2,1H3,(H2,10,16)(H,17,18)/t7-,8+,9?,12-;2*5-,6+,7?,10-;2*4-,5+,6?,9-/m11111/s1. The molecule has 8 aliphatic rings. The molecule has 0 radical (unpaired) electrons. The summed E-state index contributed by atoms with van der Waals surface area (Å²) in [7, 11) is -4.15. The van der Waals surface area contributed by atoms with Crippen molar-refractivity contribution in [2.75, 3.05) is 41.8 Å². The van der Waals surface area contributed by atoms with Gasteiger partial charge in [0.15, 0.2) is 53.6 Å². The summed E-state index contributed by atoms with van der Waals surface area (Å²) >= 11 is 7.06. The molecule has 13 heterocycles. The van der Waals surface area contributed by atoms with Gasteiger partial charge in [-0.1, -0.05) is 23.1 Å². The molecule has 47 nitrogen and oxygen atoms in total. The molecule has 8 aliphatic heterocycles. The number of carbonyl (C=O) groups excluding carboxylic acids is 6. The lowest BCUT2D eigenvalue weighted by Crippen LogP contribution is -2.32. The Balaban J connectivity index is 0.000000153. The number of thioether (sulfide) groups is 2. The van der Waals surface area contributed by atoms with E-state index >= 15 is 0 Å². The molecule has 6 unspecified atom stereocenters. The minimum atomic E-state index is -4.15. The molecule has 0 bridgehead atoms. The van der Waals surface area contributed by atoms with Gasteiger partial charge in [0.2, 0.25) is 29.1 Å². The van der Waals surface area contributed by atoms with Crippen LogP contribution < -0.4 is 28.7 Å². The van der Waals surface area contributed by atoms with Crippen molar-refractivity contribution in [1.29, 1.82) is 0 Å². The van der Waals surface area contributed by atoms with Crippen LogP contribution in [0, 0.1) is 0 Å². The number of fused-ring (bicyclic) bond motifs is 3.